The molecule has 1 aliphatic rings. The summed E-state index contributed by atoms with van der Waals surface area (Å²) in [6.07, 6.45) is 2.77. The van der Waals surface area contributed by atoms with E-state index in [-0.39, 0.29) is 36.5 Å². The highest BCUT2D eigenvalue weighted by Gasteiger charge is 2.28. The van der Waals surface area contributed by atoms with E-state index in [0.717, 1.165) is 24.0 Å². The molecule has 0 unspecified atom stereocenters. The van der Waals surface area contributed by atoms with Crippen molar-refractivity contribution in [3.05, 3.63) is 45.5 Å². The van der Waals surface area contributed by atoms with E-state index in [1.807, 2.05) is 0 Å². The van der Waals surface area contributed by atoms with Gasteiger partial charge in [0.1, 0.15) is 11.3 Å². The monoisotopic (exact) mass is 421 g/mol. The average molecular weight is 422 g/mol. The van der Waals surface area contributed by atoms with Gasteiger partial charge in [-0.1, -0.05) is 17.7 Å². The number of ether oxygens (including phenoxy) is 1. The molecule has 2 aromatic rings. The standard InChI is InChI=1S/C18H20ClN5O5/c1-29-15-5-4-11(7-14(15)19)9-24(22-28)16-13(17(26)27)8-20-18(21-16)23-6-2-3-12(23)10-25/h4-5,7-8,12,25H,2-3,6,9-10H2,1H3,(H,26,27)/t12-/m0/s1. The van der Waals surface area contributed by atoms with E-state index in [0.29, 0.717) is 22.9 Å². The first-order valence-electron chi connectivity index (χ1n) is 8.89. The summed E-state index contributed by atoms with van der Waals surface area (Å²) in [5.41, 5.74) is 0.356. The number of anilines is 2. The second kappa shape index (κ2) is 9.01. The zero-order valence-corrected chi connectivity index (χ0v) is 16.4. The van der Waals surface area contributed by atoms with E-state index in [9.17, 15) is 19.9 Å². The Bertz CT molecular complexity index is 912. The number of halogens is 1. The van der Waals surface area contributed by atoms with Crippen LogP contribution in [0.15, 0.2) is 29.7 Å². The van der Waals surface area contributed by atoms with Gasteiger partial charge in [-0.05, 0) is 30.5 Å². The molecular weight excluding hydrogens is 402 g/mol. The lowest BCUT2D eigenvalue weighted by atomic mass is 10.2. The molecule has 0 bridgehead atoms. The average Bonchev–Trinajstić information content (AvgIpc) is 3.20. The largest absolute Gasteiger partial charge is 0.495 e. The molecule has 1 fully saturated rings. The Morgan fingerprint density at radius 1 is 1.48 bits per heavy atom. The molecule has 11 heteroatoms. The van der Waals surface area contributed by atoms with E-state index in [2.05, 4.69) is 15.3 Å². The molecule has 1 saturated heterocycles. The van der Waals surface area contributed by atoms with Crippen LogP contribution in [0, 0.1) is 4.91 Å². The van der Waals surface area contributed by atoms with E-state index < -0.39 is 5.97 Å². The van der Waals surface area contributed by atoms with Gasteiger partial charge in [0.25, 0.3) is 0 Å². The smallest absolute Gasteiger partial charge is 0.341 e. The zero-order valence-electron chi connectivity index (χ0n) is 15.7. The van der Waals surface area contributed by atoms with Crippen LogP contribution in [-0.4, -0.2) is 52.5 Å². The molecule has 154 valence electrons. The van der Waals surface area contributed by atoms with Gasteiger partial charge in [-0.15, -0.1) is 4.91 Å². The number of carboxylic acid groups (broad SMARTS) is 1. The Labute approximate surface area is 171 Å². The SMILES string of the molecule is COc1ccc(CN(N=O)c2nc(N3CCC[C@H]3CO)ncc2C(=O)O)cc1Cl. The highest BCUT2D eigenvalue weighted by atomic mass is 35.5. The molecule has 1 aromatic heterocycles. The maximum absolute atomic E-state index is 11.6. The van der Waals surface area contributed by atoms with Crippen LogP contribution in [0.5, 0.6) is 5.75 Å². The van der Waals surface area contributed by atoms with Crippen LogP contribution in [0.1, 0.15) is 28.8 Å². The van der Waals surface area contributed by atoms with Crippen LogP contribution in [0.3, 0.4) is 0 Å². The molecular formula is C18H20ClN5O5. The van der Waals surface area contributed by atoms with E-state index in [1.54, 1.807) is 23.1 Å². The van der Waals surface area contributed by atoms with Gasteiger partial charge < -0.3 is 19.8 Å². The van der Waals surface area contributed by atoms with Crippen LogP contribution in [0.2, 0.25) is 5.02 Å². The van der Waals surface area contributed by atoms with Crippen LogP contribution in [0.4, 0.5) is 11.8 Å². The third kappa shape index (κ3) is 4.38. The maximum atomic E-state index is 11.6. The number of benzene rings is 1. The Morgan fingerprint density at radius 3 is 2.90 bits per heavy atom. The zero-order chi connectivity index (χ0) is 21.0. The molecule has 0 radical (unpaired) electrons. The minimum Gasteiger partial charge on any atom is -0.495 e. The molecule has 10 nitrogen and oxygen atoms in total. The van der Waals surface area contributed by atoms with E-state index >= 15 is 0 Å². The van der Waals surface area contributed by atoms with Crippen molar-refractivity contribution in [1.29, 1.82) is 0 Å². The van der Waals surface area contributed by atoms with Crippen molar-refractivity contribution >= 4 is 29.3 Å². The predicted octanol–water partition coefficient (Wildman–Crippen LogP) is 2.49. The highest BCUT2D eigenvalue weighted by Crippen LogP contribution is 2.29. The third-order valence-corrected chi connectivity index (χ3v) is 5.02. The van der Waals surface area contributed by atoms with Crippen molar-refractivity contribution in [2.24, 2.45) is 5.29 Å². The number of aliphatic hydroxyl groups is 1. The number of carboxylic acids is 1. The molecule has 2 heterocycles. The van der Waals surface area contributed by atoms with Gasteiger partial charge in [0.2, 0.25) is 5.95 Å². The summed E-state index contributed by atoms with van der Waals surface area (Å²) >= 11 is 6.12. The number of aromatic nitrogens is 2. The summed E-state index contributed by atoms with van der Waals surface area (Å²) in [5, 5.41) is 23.3. The Hall–Kier alpha value is -2.98. The molecule has 2 N–H and O–H groups in total. The fourth-order valence-corrected chi connectivity index (χ4v) is 3.54. The van der Waals surface area contributed by atoms with Crippen molar-refractivity contribution < 1.29 is 19.7 Å². The number of hydrogen-bond donors (Lipinski definition) is 2. The number of aromatic carboxylic acids is 1. The molecule has 0 spiro atoms. The lowest BCUT2D eigenvalue weighted by molar-refractivity contribution is 0.0696. The van der Waals surface area contributed by atoms with Gasteiger partial charge in [-0.3, -0.25) is 0 Å². The minimum absolute atomic E-state index is 0.0482. The summed E-state index contributed by atoms with van der Waals surface area (Å²) < 4.78 is 5.10. The van der Waals surface area contributed by atoms with Gasteiger partial charge in [0.05, 0.1) is 36.6 Å². The van der Waals surface area contributed by atoms with Crippen LogP contribution in [-0.2, 0) is 6.54 Å². The van der Waals surface area contributed by atoms with Gasteiger partial charge in [-0.25, -0.2) is 14.8 Å². The second-order valence-corrected chi connectivity index (χ2v) is 6.90. The number of methoxy groups -OCH3 is 1. The summed E-state index contributed by atoms with van der Waals surface area (Å²) in [7, 11) is 1.49. The van der Waals surface area contributed by atoms with Crippen molar-refractivity contribution in [3.8, 4) is 5.75 Å². The number of hydrogen-bond acceptors (Lipinski definition) is 8. The molecule has 29 heavy (non-hydrogen) atoms. The van der Waals surface area contributed by atoms with Gasteiger partial charge >= 0.3 is 5.97 Å². The molecule has 0 saturated carbocycles. The molecule has 1 aliphatic heterocycles. The first-order chi connectivity index (χ1) is 14.0. The summed E-state index contributed by atoms with van der Waals surface area (Å²) in [4.78, 5) is 33.4. The number of nitrogens with zero attached hydrogens (tertiary/aromatic N) is 5. The Morgan fingerprint density at radius 2 is 2.28 bits per heavy atom. The maximum Gasteiger partial charge on any atom is 0.341 e. The number of aliphatic hydroxyl groups excluding tert-OH is 1. The van der Waals surface area contributed by atoms with Gasteiger partial charge in [-0.2, -0.15) is 4.98 Å². The molecule has 1 atom stereocenters. The van der Waals surface area contributed by atoms with Crippen molar-refractivity contribution in [1.82, 2.24) is 9.97 Å². The lowest BCUT2D eigenvalue weighted by Gasteiger charge is -2.24. The summed E-state index contributed by atoms with van der Waals surface area (Å²) in [6, 6.07) is 4.77. The normalized spacial score (nSPS) is 16.0. The second-order valence-electron chi connectivity index (χ2n) is 6.49. The number of carbonyl (C=O) groups is 1. The topological polar surface area (TPSA) is 128 Å². The van der Waals surface area contributed by atoms with Gasteiger partial charge in [0, 0.05) is 12.7 Å². The molecule has 1 aromatic carbocycles. The summed E-state index contributed by atoms with van der Waals surface area (Å²) in [6.45, 7) is 0.506. The van der Waals surface area contributed by atoms with Crippen LogP contribution < -0.4 is 14.6 Å². The fourth-order valence-electron chi connectivity index (χ4n) is 3.26. The third-order valence-electron chi connectivity index (χ3n) is 4.72. The molecule has 0 aliphatic carbocycles. The van der Waals surface area contributed by atoms with Crippen molar-refractivity contribution in [2.75, 3.05) is 30.2 Å². The quantitative estimate of drug-likeness (QED) is 0.487. The van der Waals surface area contributed by atoms with Crippen LogP contribution in [0.25, 0.3) is 0 Å². The van der Waals surface area contributed by atoms with Gasteiger partial charge in [0.15, 0.2) is 5.82 Å². The fraction of sp³-hybridized carbons (Fsp3) is 0.389. The molecule has 3 rings (SSSR count). The van der Waals surface area contributed by atoms with Crippen molar-refractivity contribution in [3.63, 3.8) is 0 Å². The minimum atomic E-state index is -1.28. The summed E-state index contributed by atoms with van der Waals surface area (Å²) in [5.74, 6) is -0.704. The lowest BCUT2D eigenvalue weighted by Crippen LogP contribution is -2.34. The van der Waals surface area contributed by atoms with E-state index in [4.69, 9.17) is 16.3 Å². The van der Waals surface area contributed by atoms with Crippen LogP contribution >= 0.6 is 11.6 Å². The van der Waals surface area contributed by atoms with Crippen molar-refractivity contribution in [2.45, 2.75) is 25.4 Å². The predicted molar refractivity (Wildman–Crippen MR) is 106 cm³/mol. The Balaban J connectivity index is 1.96. The molecule has 0 amide bonds. The highest BCUT2D eigenvalue weighted by molar-refractivity contribution is 6.32. The first kappa shape index (κ1) is 20.7. The Kier molecular flexibility index (Phi) is 6.45. The number of rotatable bonds is 8. The van der Waals surface area contributed by atoms with E-state index in [1.165, 1.54) is 7.11 Å². The first-order valence-corrected chi connectivity index (χ1v) is 9.27. The number of nitroso groups, excluding NO2 is 1.